The van der Waals surface area contributed by atoms with Crippen molar-refractivity contribution in [1.29, 1.82) is 0 Å². The van der Waals surface area contributed by atoms with E-state index in [0.29, 0.717) is 39.1 Å². The molecule has 1 aromatic carbocycles. The van der Waals surface area contributed by atoms with Crippen molar-refractivity contribution in [1.82, 2.24) is 24.6 Å². The Morgan fingerprint density at radius 3 is 2.90 bits per heavy atom. The molecule has 0 saturated heterocycles. The van der Waals surface area contributed by atoms with E-state index in [-0.39, 0.29) is 31.0 Å². The molecule has 0 bridgehead atoms. The third-order valence-corrected chi connectivity index (χ3v) is 5.91. The van der Waals surface area contributed by atoms with E-state index >= 15 is 0 Å². The molecule has 8 nitrogen and oxygen atoms in total. The molecular formula is C21H20ClN5O3S. The van der Waals surface area contributed by atoms with Crippen LogP contribution in [0, 0.1) is 0 Å². The van der Waals surface area contributed by atoms with Gasteiger partial charge in [-0.15, -0.1) is 21.5 Å². The first-order valence-corrected chi connectivity index (χ1v) is 11.1. The maximum atomic E-state index is 12.8. The lowest BCUT2D eigenvalue weighted by molar-refractivity contribution is -0.132. The highest BCUT2D eigenvalue weighted by Gasteiger charge is 2.18. The van der Waals surface area contributed by atoms with Crippen molar-refractivity contribution in [2.75, 3.05) is 6.54 Å². The Balaban J connectivity index is 1.44. The topological polar surface area (TPSA) is 94.1 Å². The van der Waals surface area contributed by atoms with E-state index in [2.05, 4.69) is 15.2 Å². The second-order valence-electron chi connectivity index (χ2n) is 6.93. The van der Waals surface area contributed by atoms with Gasteiger partial charge in [0.2, 0.25) is 17.7 Å². The Hall–Kier alpha value is -3.04. The standard InChI is InChI=1S/C21H20ClN5O3S/c1-2-9-26(12-17-24-25-19(30-17)14-5-3-4-6-16(14)22)18(28)7-10-27-13-23-20-15(21(27)29)8-11-31-20/h3-6,8,11,13H,2,7,9-10,12H2,1H3. The maximum absolute atomic E-state index is 12.8. The average Bonchev–Trinajstić information content (AvgIpc) is 3.43. The highest BCUT2D eigenvalue weighted by molar-refractivity contribution is 7.16. The van der Waals surface area contributed by atoms with Crippen molar-refractivity contribution in [3.8, 4) is 11.5 Å². The lowest BCUT2D eigenvalue weighted by atomic mass is 10.2. The molecule has 0 aliphatic heterocycles. The van der Waals surface area contributed by atoms with E-state index in [4.69, 9.17) is 16.0 Å². The van der Waals surface area contributed by atoms with Crippen LogP contribution in [0.2, 0.25) is 5.02 Å². The predicted molar refractivity (Wildman–Crippen MR) is 119 cm³/mol. The summed E-state index contributed by atoms with van der Waals surface area (Å²) in [6, 6.07) is 8.95. The zero-order valence-electron chi connectivity index (χ0n) is 16.8. The number of thiophene rings is 1. The van der Waals surface area contributed by atoms with Gasteiger partial charge < -0.3 is 9.32 Å². The summed E-state index contributed by atoms with van der Waals surface area (Å²) in [6.07, 6.45) is 2.44. The van der Waals surface area contributed by atoms with Gasteiger partial charge in [-0.1, -0.05) is 30.7 Å². The number of nitrogens with zero attached hydrogens (tertiary/aromatic N) is 5. The number of carbonyl (C=O) groups is 1. The molecule has 4 aromatic rings. The normalized spacial score (nSPS) is 11.2. The van der Waals surface area contributed by atoms with Crippen LogP contribution in [-0.2, 0) is 17.9 Å². The first-order valence-electron chi connectivity index (χ1n) is 9.84. The van der Waals surface area contributed by atoms with E-state index in [0.717, 1.165) is 6.42 Å². The fourth-order valence-corrected chi connectivity index (χ4v) is 4.15. The van der Waals surface area contributed by atoms with Gasteiger partial charge in [0.25, 0.3) is 5.56 Å². The summed E-state index contributed by atoms with van der Waals surface area (Å²) >= 11 is 7.61. The van der Waals surface area contributed by atoms with Gasteiger partial charge in [0, 0.05) is 19.5 Å². The minimum atomic E-state index is -0.137. The molecule has 0 unspecified atom stereocenters. The largest absolute Gasteiger partial charge is 0.419 e. The van der Waals surface area contributed by atoms with E-state index in [1.807, 2.05) is 24.4 Å². The highest BCUT2D eigenvalue weighted by Crippen LogP contribution is 2.26. The molecule has 0 N–H and O–H groups in total. The summed E-state index contributed by atoms with van der Waals surface area (Å²) in [6.45, 7) is 2.98. The molecule has 0 fully saturated rings. The summed E-state index contributed by atoms with van der Waals surface area (Å²) in [5, 5.41) is 11.0. The quantitative estimate of drug-likeness (QED) is 0.397. The van der Waals surface area contributed by atoms with Crippen LogP contribution in [0.15, 0.2) is 51.3 Å². The Morgan fingerprint density at radius 2 is 2.10 bits per heavy atom. The molecule has 10 heteroatoms. The van der Waals surface area contributed by atoms with Crippen LogP contribution in [0.1, 0.15) is 25.7 Å². The molecule has 3 heterocycles. The van der Waals surface area contributed by atoms with Crippen LogP contribution in [-0.4, -0.2) is 37.1 Å². The van der Waals surface area contributed by atoms with Crippen LogP contribution >= 0.6 is 22.9 Å². The smallest absolute Gasteiger partial charge is 0.262 e. The minimum Gasteiger partial charge on any atom is -0.419 e. The molecule has 31 heavy (non-hydrogen) atoms. The van der Waals surface area contributed by atoms with Gasteiger partial charge in [0.05, 0.1) is 28.8 Å². The van der Waals surface area contributed by atoms with E-state index in [1.54, 1.807) is 23.1 Å². The lowest BCUT2D eigenvalue weighted by Crippen LogP contribution is -2.33. The molecule has 160 valence electrons. The summed E-state index contributed by atoms with van der Waals surface area (Å²) in [5.74, 6) is 0.540. The minimum absolute atomic E-state index is 0.100. The van der Waals surface area contributed by atoms with Crippen molar-refractivity contribution in [2.24, 2.45) is 0 Å². The molecule has 0 saturated carbocycles. The highest BCUT2D eigenvalue weighted by atomic mass is 35.5. The van der Waals surface area contributed by atoms with Gasteiger partial charge in [-0.25, -0.2) is 4.98 Å². The maximum Gasteiger partial charge on any atom is 0.262 e. The van der Waals surface area contributed by atoms with Crippen molar-refractivity contribution in [3.63, 3.8) is 0 Å². The third kappa shape index (κ3) is 4.67. The summed E-state index contributed by atoms with van der Waals surface area (Å²) in [5.41, 5.74) is 0.509. The van der Waals surface area contributed by atoms with Crippen molar-refractivity contribution >= 4 is 39.1 Å². The molecule has 0 radical (unpaired) electrons. The SMILES string of the molecule is CCCN(Cc1nnc(-c2ccccc2Cl)o1)C(=O)CCn1cnc2sccc2c1=O. The van der Waals surface area contributed by atoms with Gasteiger partial charge in [0.1, 0.15) is 4.83 Å². The number of hydrogen-bond donors (Lipinski definition) is 0. The van der Waals surface area contributed by atoms with Crippen LogP contribution in [0.3, 0.4) is 0 Å². The van der Waals surface area contributed by atoms with Crippen LogP contribution in [0.4, 0.5) is 0 Å². The Bertz CT molecular complexity index is 1270. The number of hydrogen-bond acceptors (Lipinski definition) is 7. The number of halogens is 1. The van der Waals surface area contributed by atoms with Gasteiger partial charge in [-0.05, 0) is 30.0 Å². The zero-order valence-corrected chi connectivity index (χ0v) is 18.4. The van der Waals surface area contributed by atoms with Crippen LogP contribution < -0.4 is 5.56 Å². The van der Waals surface area contributed by atoms with Gasteiger partial charge in [-0.2, -0.15) is 0 Å². The van der Waals surface area contributed by atoms with Gasteiger partial charge >= 0.3 is 0 Å². The first-order chi connectivity index (χ1) is 15.1. The lowest BCUT2D eigenvalue weighted by Gasteiger charge is -2.20. The third-order valence-electron chi connectivity index (χ3n) is 4.76. The average molecular weight is 458 g/mol. The molecule has 0 aliphatic carbocycles. The number of fused-ring (bicyclic) bond motifs is 1. The van der Waals surface area contributed by atoms with Crippen molar-refractivity contribution in [2.45, 2.75) is 32.9 Å². The van der Waals surface area contributed by atoms with Crippen molar-refractivity contribution < 1.29 is 9.21 Å². The van der Waals surface area contributed by atoms with E-state index < -0.39 is 0 Å². The van der Waals surface area contributed by atoms with Crippen LogP contribution in [0.25, 0.3) is 21.7 Å². The number of amides is 1. The molecule has 0 aliphatic rings. The van der Waals surface area contributed by atoms with E-state index in [1.165, 1.54) is 22.2 Å². The molecule has 4 rings (SSSR count). The predicted octanol–water partition coefficient (Wildman–Crippen LogP) is 3.99. The second-order valence-corrected chi connectivity index (χ2v) is 8.23. The Kier molecular flexibility index (Phi) is 6.43. The second kappa shape index (κ2) is 9.40. The number of benzene rings is 1. The molecule has 0 atom stereocenters. The van der Waals surface area contributed by atoms with Gasteiger partial charge in [-0.3, -0.25) is 14.2 Å². The number of aryl methyl sites for hydroxylation is 1. The Labute approximate surface area is 187 Å². The fraction of sp³-hybridized carbons (Fsp3) is 0.286. The fourth-order valence-electron chi connectivity index (χ4n) is 3.21. The van der Waals surface area contributed by atoms with E-state index in [9.17, 15) is 9.59 Å². The van der Waals surface area contributed by atoms with Gasteiger partial charge in [0.15, 0.2) is 0 Å². The molecule has 0 spiro atoms. The summed E-state index contributed by atoms with van der Waals surface area (Å²) in [7, 11) is 0. The first kappa shape index (κ1) is 21.2. The monoisotopic (exact) mass is 457 g/mol. The summed E-state index contributed by atoms with van der Waals surface area (Å²) in [4.78, 5) is 32.0. The molecule has 1 amide bonds. The van der Waals surface area contributed by atoms with Crippen molar-refractivity contribution in [3.05, 3.63) is 63.3 Å². The summed E-state index contributed by atoms with van der Waals surface area (Å²) < 4.78 is 7.21. The zero-order chi connectivity index (χ0) is 21.8. The number of aromatic nitrogens is 4. The Morgan fingerprint density at radius 1 is 1.26 bits per heavy atom. The van der Waals surface area contributed by atoms with Crippen LogP contribution in [0.5, 0.6) is 0 Å². The molecular weight excluding hydrogens is 438 g/mol. The molecule has 3 aromatic heterocycles. The number of rotatable bonds is 8. The number of carbonyl (C=O) groups excluding carboxylic acids is 1.